The second-order valence-electron chi connectivity index (χ2n) is 5.52. The van der Waals surface area contributed by atoms with E-state index in [1.54, 1.807) is 0 Å². The highest BCUT2D eigenvalue weighted by molar-refractivity contribution is 9.08. The average Bonchev–Trinajstić information content (AvgIpc) is 2.52. The van der Waals surface area contributed by atoms with Crippen LogP contribution in [-0.2, 0) is 16.1 Å². The lowest BCUT2D eigenvalue weighted by molar-refractivity contribution is 0.372. The Hall–Kier alpha value is -1.45. The molecule has 0 heterocycles. The van der Waals surface area contributed by atoms with Crippen LogP contribution < -0.4 is 0 Å². The van der Waals surface area contributed by atoms with E-state index in [1.165, 1.54) is 0 Å². The molecule has 118 valence electrons. The molecule has 5 heteroatoms. The van der Waals surface area contributed by atoms with E-state index in [0.29, 0.717) is 10.9 Å². The smallest absolute Gasteiger partial charge is 0.324 e. The first-order valence-corrected chi connectivity index (χ1v) is 10.1. The van der Waals surface area contributed by atoms with Gasteiger partial charge in [0.1, 0.15) is 0 Å². The molecule has 0 amide bonds. The van der Waals surface area contributed by atoms with Crippen molar-refractivity contribution >= 4 is 34.3 Å². The highest BCUT2D eigenvalue weighted by Crippen LogP contribution is 2.40. The Morgan fingerprint density at radius 2 is 1.61 bits per heavy atom. The summed E-state index contributed by atoms with van der Waals surface area (Å²) < 4.78 is 11.3. The molecule has 0 bridgehead atoms. The van der Waals surface area contributed by atoms with Gasteiger partial charge in [-0.2, -0.15) is 0 Å². The van der Waals surface area contributed by atoms with Crippen LogP contribution in [0.15, 0.2) is 60.7 Å². The van der Waals surface area contributed by atoms with Crippen LogP contribution >= 0.6 is 23.5 Å². The number of fused-ring (bicyclic) bond motifs is 1. The number of alkyl halides is 1. The van der Waals surface area contributed by atoms with Gasteiger partial charge in [-0.1, -0.05) is 76.6 Å². The van der Waals surface area contributed by atoms with E-state index >= 15 is 0 Å². The van der Waals surface area contributed by atoms with Gasteiger partial charge in [-0.05, 0) is 33.0 Å². The molecule has 0 fully saturated rings. The lowest BCUT2D eigenvalue weighted by Crippen LogP contribution is -1.92. The van der Waals surface area contributed by atoms with Gasteiger partial charge in [0.25, 0.3) is 0 Å². The van der Waals surface area contributed by atoms with Crippen molar-refractivity contribution in [1.29, 1.82) is 0 Å². The fourth-order valence-electron chi connectivity index (χ4n) is 2.80. The van der Waals surface area contributed by atoms with E-state index in [-0.39, 0.29) is 6.16 Å². The maximum atomic E-state index is 11.3. The molecule has 0 saturated carbocycles. The van der Waals surface area contributed by atoms with Crippen LogP contribution in [0.4, 0.5) is 0 Å². The molecular formula is C18H16BrO3P. The molecule has 0 aliphatic heterocycles. The normalized spacial score (nSPS) is 11.8. The standard InChI is InChI=1S/C18H16BrO3P/c19-11-13-8-14(12-23(20,21)22)10-16(9-13)18-7-3-5-15-4-1-2-6-17(15)18/h1-10H,11-12H2,(H2,20,21,22). The molecule has 3 rings (SSSR count). The van der Waals surface area contributed by atoms with Gasteiger partial charge >= 0.3 is 7.60 Å². The van der Waals surface area contributed by atoms with E-state index in [4.69, 9.17) is 0 Å². The summed E-state index contributed by atoms with van der Waals surface area (Å²) in [5.41, 5.74) is 3.69. The molecule has 0 spiro atoms. The Morgan fingerprint density at radius 1 is 0.913 bits per heavy atom. The Labute approximate surface area is 143 Å². The van der Waals surface area contributed by atoms with E-state index in [1.807, 2.05) is 36.4 Å². The van der Waals surface area contributed by atoms with Gasteiger partial charge in [-0.15, -0.1) is 0 Å². The summed E-state index contributed by atoms with van der Waals surface area (Å²) in [6.07, 6.45) is -0.244. The molecule has 23 heavy (non-hydrogen) atoms. The lowest BCUT2D eigenvalue weighted by Gasteiger charge is -2.12. The minimum absolute atomic E-state index is 0.244. The van der Waals surface area contributed by atoms with Crippen molar-refractivity contribution in [3.8, 4) is 11.1 Å². The van der Waals surface area contributed by atoms with Crippen molar-refractivity contribution in [3.05, 3.63) is 71.8 Å². The maximum Gasteiger partial charge on any atom is 0.329 e. The quantitative estimate of drug-likeness (QED) is 0.482. The molecule has 0 unspecified atom stereocenters. The largest absolute Gasteiger partial charge is 0.329 e. The number of rotatable bonds is 4. The third-order valence-electron chi connectivity index (χ3n) is 3.70. The van der Waals surface area contributed by atoms with Gasteiger partial charge in [0.05, 0.1) is 6.16 Å². The SMILES string of the molecule is O=P(O)(O)Cc1cc(CBr)cc(-c2cccc3ccccc23)c1. The topological polar surface area (TPSA) is 57.5 Å². The zero-order chi connectivity index (χ0) is 16.4. The van der Waals surface area contributed by atoms with Gasteiger partial charge in [0, 0.05) is 5.33 Å². The van der Waals surface area contributed by atoms with E-state index in [9.17, 15) is 14.4 Å². The highest BCUT2D eigenvalue weighted by atomic mass is 79.9. The molecule has 0 atom stereocenters. The van der Waals surface area contributed by atoms with Crippen molar-refractivity contribution in [2.24, 2.45) is 0 Å². The van der Waals surface area contributed by atoms with Crippen LogP contribution in [0.3, 0.4) is 0 Å². The lowest BCUT2D eigenvalue weighted by atomic mass is 9.96. The zero-order valence-electron chi connectivity index (χ0n) is 12.3. The molecule has 0 radical (unpaired) electrons. The van der Waals surface area contributed by atoms with Crippen molar-refractivity contribution < 1.29 is 14.4 Å². The number of benzene rings is 3. The van der Waals surface area contributed by atoms with Crippen molar-refractivity contribution in [2.75, 3.05) is 0 Å². The first-order valence-electron chi connectivity index (χ1n) is 7.18. The molecule has 0 aromatic heterocycles. The second kappa shape index (κ2) is 6.58. The summed E-state index contributed by atoms with van der Waals surface area (Å²) in [6.45, 7) is 0. The van der Waals surface area contributed by atoms with Crippen molar-refractivity contribution in [2.45, 2.75) is 11.5 Å². The molecule has 0 aliphatic rings. The Balaban J connectivity index is 2.18. The van der Waals surface area contributed by atoms with E-state index in [0.717, 1.165) is 27.5 Å². The first-order chi connectivity index (χ1) is 11.0. The summed E-state index contributed by atoms with van der Waals surface area (Å²) in [5.74, 6) is 0. The third-order valence-corrected chi connectivity index (χ3v) is 5.12. The number of hydrogen-bond acceptors (Lipinski definition) is 1. The minimum Gasteiger partial charge on any atom is -0.324 e. The zero-order valence-corrected chi connectivity index (χ0v) is 14.8. The molecule has 2 N–H and O–H groups in total. The Bertz CT molecular complexity index is 896. The van der Waals surface area contributed by atoms with Gasteiger partial charge in [-0.25, -0.2) is 0 Å². The van der Waals surface area contributed by atoms with Crippen LogP contribution in [0.25, 0.3) is 21.9 Å². The van der Waals surface area contributed by atoms with Crippen molar-refractivity contribution in [1.82, 2.24) is 0 Å². The molecule has 0 saturated heterocycles. The van der Waals surface area contributed by atoms with Crippen LogP contribution in [0.5, 0.6) is 0 Å². The summed E-state index contributed by atoms with van der Waals surface area (Å²) in [5, 5.41) is 2.91. The van der Waals surface area contributed by atoms with Crippen molar-refractivity contribution in [3.63, 3.8) is 0 Å². The summed E-state index contributed by atoms with van der Waals surface area (Å²) in [6, 6.07) is 20.0. The predicted molar refractivity (Wildman–Crippen MR) is 97.8 cm³/mol. The van der Waals surface area contributed by atoms with Gasteiger partial charge in [0.15, 0.2) is 0 Å². The summed E-state index contributed by atoms with van der Waals surface area (Å²) >= 11 is 3.43. The van der Waals surface area contributed by atoms with Gasteiger partial charge < -0.3 is 9.79 Å². The molecular weight excluding hydrogens is 375 g/mol. The fraction of sp³-hybridized carbons (Fsp3) is 0.111. The summed E-state index contributed by atoms with van der Waals surface area (Å²) in [4.78, 5) is 18.5. The third kappa shape index (κ3) is 3.91. The Kier molecular flexibility index (Phi) is 4.69. The molecule has 3 aromatic carbocycles. The predicted octanol–water partition coefficient (Wildman–Crippen LogP) is 5.08. The van der Waals surface area contributed by atoms with Crippen LogP contribution in [0.1, 0.15) is 11.1 Å². The monoisotopic (exact) mass is 390 g/mol. The Morgan fingerprint density at radius 3 is 2.35 bits per heavy atom. The number of hydrogen-bond donors (Lipinski definition) is 2. The van der Waals surface area contributed by atoms with Crippen LogP contribution in [0.2, 0.25) is 0 Å². The fourth-order valence-corrected chi connectivity index (χ4v) is 3.78. The molecule has 3 nitrogen and oxygen atoms in total. The van der Waals surface area contributed by atoms with Gasteiger partial charge in [0.2, 0.25) is 0 Å². The second-order valence-corrected chi connectivity index (χ2v) is 7.73. The van der Waals surface area contributed by atoms with Crippen LogP contribution in [0, 0.1) is 0 Å². The summed E-state index contributed by atoms with van der Waals surface area (Å²) in [7, 11) is -4.09. The minimum atomic E-state index is -4.09. The van der Waals surface area contributed by atoms with E-state index in [2.05, 4.69) is 40.2 Å². The molecule has 3 aromatic rings. The van der Waals surface area contributed by atoms with Gasteiger partial charge in [-0.3, -0.25) is 4.57 Å². The maximum absolute atomic E-state index is 11.3. The average molecular weight is 391 g/mol. The van der Waals surface area contributed by atoms with E-state index < -0.39 is 7.60 Å². The highest BCUT2D eigenvalue weighted by Gasteiger charge is 2.15. The van der Waals surface area contributed by atoms with Crippen LogP contribution in [-0.4, -0.2) is 9.79 Å². The first kappa shape index (κ1) is 16.4. The molecule has 0 aliphatic carbocycles. The number of halogens is 1.